The lowest BCUT2D eigenvalue weighted by atomic mass is 9.96. The van der Waals surface area contributed by atoms with Crippen molar-refractivity contribution in [1.82, 2.24) is 24.6 Å². The highest BCUT2D eigenvalue weighted by Crippen LogP contribution is 2.42. The van der Waals surface area contributed by atoms with Crippen LogP contribution in [-0.4, -0.2) is 62.9 Å². The van der Waals surface area contributed by atoms with Crippen LogP contribution in [0.1, 0.15) is 55.2 Å². The van der Waals surface area contributed by atoms with Crippen molar-refractivity contribution in [3.05, 3.63) is 104 Å². The number of nitrogens with one attached hydrogen (secondary N) is 1. The van der Waals surface area contributed by atoms with Gasteiger partial charge in [-0.1, -0.05) is 59.6 Å². The number of hydrogen-bond donors (Lipinski definition) is 1. The maximum absolute atomic E-state index is 13.3. The summed E-state index contributed by atoms with van der Waals surface area (Å²) in [6, 6.07) is 18.2. The zero-order valence-electron chi connectivity index (χ0n) is 29.3. The fourth-order valence-electron chi connectivity index (χ4n) is 6.26. The molecule has 0 saturated carbocycles. The van der Waals surface area contributed by atoms with Crippen molar-refractivity contribution in [2.24, 2.45) is 0 Å². The molecule has 5 aromatic rings. The number of benzene rings is 2. The van der Waals surface area contributed by atoms with Crippen LogP contribution in [0.15, 0.2) is 71.7 Å². The molecule has 0 spiro atoms. The molecule has 52 heavy (non-hydrogen) atoms. The maximum atomic E-state index is 13.3. The Balaban J connectivity index is 1.33. The van der Waals surface area contributed by atoms with E-state index in [1.54, 1.807) is 38.7 Å². The lowest BCUT2D eigenvalue weighted by Gasteiger charge is -2.29. The molecule has 13 heteroatoms. The van der Waals surface area contributed by atoms with Crippen molar-refractivity contribution in [3.8, 4) is 39.4 Å². The highest BCUT2D eigenvalue weighted by Gasteiger charge is 2.29. The number of fused-ring (bicyclic) bond motifs is 1. The zero-order valence-corrected chi connectivity index (χ0v) is 30.8. The van der Waals surface area contributed by atoms with Crippen LogP contribution in [0, 0.1) is 6.92 Å². The summed E-state index contributed by atoms with van der Waals surface area (Å²) < 4.78 is 12.8. The van der Waals surface area contributed by atoms with Crippen molar-refractivity contribution >= 4 is 47.1 Å². The van der Waals surface area contributed by atoms with Crippen LogP contribution >= 0.6 is 23.2 Å². The van der Waals surface area contributed by atoms with E-state index in [1.807, 2.05) is 54.6 Å². The molecule has 4 heterocycles. The average Bonchev–Trinajstić information content (AvgIpc) is 3.51. The van der Waals surface area contributed by atoms with E-state index in [9.17, 15) is 19.2 Å². The molecule has 1 saturated heterocycles. The fourth-order valence-corrected chi connectivity index (χ4v) is 6.93. The summed E-state index contributed by atoms with van der Waals surface area (Å²) >= 11 is 14.2. The third-order valence-electron chi connectivity index (χ3n) is 8.69. The summed E-state index contributed by atoms with van der Waals surface area (Å²) in [7, 11) is 1.51. The number of rotatable bonds is 9. The van der Waals surface area contributed by atoms with Gasteiger partial charge < -0.3 is 19.7 Å². The van der Waals surface area contributed by atoms with Crippen LogP contribution in [0.25, 0.3) is 39.2 Å². The van der Waals surface area contributed by atoms with Crippen molar-refractivity contribution in [3.63, 3.8) is 0 Å². The second kappa shape index (κ2) is 14.8. The summed E-state index contributed by atoms with van der Waals surface area (Å²) in [5, 5.41) is 3.78. The highest BCUT2D eigenvalue weighted by molar-refractivity contribution is 6.39. The Morgan fingerprint density at radius 3 is 2.33 bits per heavy atom. The third kappa shape index (κ3) is 7.51. The number of aldehydes is 1. The Morgan fingerprint density at radius 2 is 1.69 bits per heavy atom. The number of carbonyl (C=O) groups excluding carboxylic acids is 3. The molecule has 1 aliphatic rings. The summed E-state index contributed by atoms with van der Waals surface area (Å²) in [5.74, 6) is 0.265. The van der Waals surface area contributed by atoms with Crippen LogP contribution in [0.2, 0.25) is 10.0 Å². The second-order valence-electron chi connectivity index (χ2n) is 13.6. The lowest BCUT2D eigenvalue weighted by Crippen LogP contribution is -2.43. The third-order valence-corrected chi connectivity index (χ3v) is 9.50. The molecule has 1 fully saturated rings. The van der Waals surface area contributed by atoms with Gasteiger partial charge in [0.25, 0.3) is 5.56 Å². The molecule has 2 amide bonds. The minimum Gasteiger partial charge on any atom is -0.481 e. The van der Waals surface area contributed by atoms with E-state index in [4.69, 9.17) is 37.7 Å². The number of methoxy groups -OCH3 is 1. The first-order valence-electron chi connectivity index (χ1n) is 16.6. The Kier molecular flexibility index (Phi) is 10.4. The number of aromatic nitrogens is 3. The molecule has 3 aromatic heterocycles. The van der Waals surface area contributed by atoms with Crippen molar-refractivity contribution < 1.29 is 23.9 Å². The molecule has 1 unspecified atom stereocenters. The molecule has 1 N–H and O–H groups in total. The van der Waals surface area contributed by atoms with Gasteiger partial charge in [0.15, 0.2) is 6.29 Å². The Bertz CT molecular complexity index is 2280. The number of pyridine rings is 2. The van der Waals surface area contributed by atoms with Crippen LogP contribution in [0.4, 0.5) is 4.79 Å². The lowest BCUT2D eigenvalue weighted by molar-refractivity contribution is -0.119. The van der Waals surface area contributed by atoms with Crippen LogP contribution in [-0.2, 0) is 16.1 Å². The van der Waals surface area contributed by atoms with Gasteiger partial charge in [-0.05, 0) is 63.9 Å². The second-order valence-corrected chi connectivity index (χ2v) is 14.3. The summed E-state index contributed by atoms with van der Waals surface area (Å²) in [4.78, 5) is 59.9. The maximum Gasteiger partial charge on any atom is 0.410 e. The van der Waals surface area contributed by atoms with E-state index in [2.05, 4.69) is 10.3 Å². The Morgan fingerprint density at radius 1 is 1.02 bits per heavy atom. The molecule has 0 bridgehead atoms. The Labute approximate surface area is 310 Å². The molecule has 0 aliphatic carbocycles. The van der Waals surface area contributed by atoms with Gasteiger partial charge in [-0.2, -0.15) is 0 Å². The van der Waals surface area contributed by atoms with Crippen molar-refractivity contribution in [2.75, 3.05) is 13.7 Å². The van der Waals surface area contributed by atoms with Gasteiger partial charge in [-0.3, -0.25) is 18.8 Å². The number of aryl methyl sites for hydroxylation is 1. The SMILES string of the molecule is COc1nc(-c2cccc(-c3cccc(-c4cc(C)n5c(=O)c(C=O)cnc5c4)c3Cl)c2Cl)ccc1CN(CC1CCC(=O)N1)C(=O)OC(C)(C)C. The molecule has 1 atom stereocenters. The number of hydrogen-bond acceptors (Lipinski definition) is 8. The Hall–Kier alpha value is -5.26. The first-order chi connectivity index (χ1) is 24.8. The van der Waals surface area contributed by atoms with Crippen LogP contribution < -0.4 is 15.6 Å². The quantitative estimate of drug-likeness (QED) is 0.153. The predicted octanol–water partition coefficient (Wildman–Crippen LogP) is 7.54. The molecule has 2 aromatic carbocycles. The van der Waals surface area contributed by atoms with Gasteiger partial charge in [-0.15, -0.1) is 0 Å². The summed E-state index contributed by atoms with van der Waals surface area (Å²) in [5.41, 5.74) is 4.43. The highest BCUT2D eigenvalue weighted by atomic mass is 35.5. The number of ether oxygens (including phenoxy) is 2. The van der Waals surface area contributed by atoms with E-state index < -0.39 is 17.3 Å². The molecule has 11 nitrogen and oxygen atoms in total. The molecule has 0 radical (unpaired) electrons. The predicted molar refractivity (Wildman–Crippen MR) is 200 cm³/mol. The summed E-state index contributed by atoms with van der Waals surface area (Å²) in [6.45, 7) is 7.59. The van der Waals surface area contributed by atoms with Crippen LogP contribution in [0.5, 0.6) is 5.88 Å². The molecular formula is C39H37Cl2N5O6. The molecule has 268 valence electrons. The first kappa shape index (κ1) is 36.5. The van der Waals surface area contributed by atoms with E-state index in [-0.39, 0.29) is 30.6 Å². The number of nitrogens with zero attached hydrogens (tertiary/aromatic N) is 4. The van der Waals surface area contributed by atoms with E-state index >= 15 is 0 Å². The van der Waals surface area contributed by atoms with Gasteiger partial charge in [0, 0.05) is 58.7 Å². The molecule has 1 aliphatic heterocycles. The van der Waals surface area contributed by atoms with Crippen molar-refractivity contribution in [1.29, 1.82) is 0 Å². The number of carbonyl (C=O) groups is 3. The van der Waals surface area contributed by atoms with Gasteiger partial charge in [0.1, 0.15) is 11.2 Å². The van der Waals surface area contributed by atoms with Crippen LogP contribution in [0.3, 0.4) is 0 Å². The fraction of sp³-hybridized carbons (Fsp3) is 0.282. The normalized spacial score (nSPS) is 14.3. The monoisotopic (exact) mass is 741 g/mol. The van der Waals surface area contributed by atoms with Crippen molar-refractivity contribution in [2.45, 2.75) is 58.7 Å². The minimum atomic E-state index is -0.709. The van der Waals surface area contributed by atoms with Gasteiger partial charge in [0.05, 0.1) is 35.0 Å². The first-order valence-corrected chi connectivity index (χ1v) is 17.4. The van der Waals surface area contributed by atoms with E-state index in [0.717, 1.165) is 5.56 Å². The molecular weight excluding hydrogens is 705 g/mol. The van der Waals surface area contributed by atoms with Gasteiger partial charge >= 0.3 is 6.09 Å². The van der Waals surface area contributed by atoms with Gasteiger partial charge in [0.2, 0.25) is 11.8 Å². The number of halogens is 2. The molecule has 6 rings (SSSR count). The smallest absolute Gasteiger partial charge is 0.410 e. The van der Waals surface area contributed by atoms with E-state index in [0.29, 0.717) is 79.9 Å². The van der Waals surface area contributed by atoms with Gasteiger partial charge in [-0.25, -0.2) is 14.8 Å². The topological polar surface area (TPSA) is 132 Å². The minimum absolute atomic E-state index is 0.0250. The standard InChI is InChI=1S/C39H37Cl2N5O6/c1-22-16-24(17-32-42-18-25(21-47)37(49)46(22)32)27-8-6-9-28(34(27)40)29-10-7-11-30(35(29)41)31-14-12-23(36(44-31)51-5)19-45(38(50)52-39(2,3)4)20-26-13-15-33(48)43-26/h6-12,14,16-18,21,26H,13,15,19-20H2,1-5H3,(H,43,48). The average molecular weight is 743 g/mol. The summed E-state index contributed by atoms with van der Waals surface area (Å²) in [6.07, 6.45) is 2.29. The largest absolute Gasteiger partial charge is 0.481 e. The number of amides is 2. The van der Waals surface area contributed by atoms with E-state index in [1.165, 1.54) is 17.7 Å². The zero-order chi connectivity index (χ0) is 37.3.